The molecule has 0 amide bonds. The SMILES string of the molecule is FC(F)c1ncccc1Br. The van der Waals surface area contributed by atoms with Crippen molar-refractivity contribution in [2.45, 2.75) is 6.43 Å². The Morgan fingerprint density at radius 2 is 2.20 bits per heavy atom. The zero-order chi connectivity index (χ0) is 7.56. The maximum Gasteiger partial charge on any atom is 0.281 e. The first-order chi connectivity index (χ1) is 4.72. The second kappa shape index (κ2) is 3.05. The number of rotatable bonds is 1. The number of nitrogens with zero attached hydrogens (tertiary/aromatic N) is 1. The van der Waals surface area contributed by atoms with Crippen LogP contribution in [0.25, 0.3) is 0 Å². The van der Waals surface area contributed by atoms with Crippen LogP contribution in [0.1, 0.15) is 12.1 Å². The molecule has 10 heavy (non-hydrogen) atoms. The van der Waals surface area contributed by atoms with Gasteiger partial charge < -0.3 is 0 Å². The van der Waals surface area contributed by atoms with Crippen molar-refractivity contribution in [1.29, 1.82) is 0 Å². The van der Waals surface area contributed by atoms with Gasteiger partial charge in [0.15, 0.2) is 0 Å². The lowest BCUT2D eigenvalue weighted by Gasteiger charge is -1.98. The van der Waals surface area contributed by atoms with Gasteiger partial charge in [-0.1, -0.05) is 0 Å². The molecule has 54 valence electrons. The highest BCUT2D eigenvalue weighted by molar-refractivity contribution is 9.10. The Hall–Kier alpha value is -0.510. The van der Waals surface area contributed by atoms with E-state index in [4.69, 9.17) is 0 Å². The number of pyridine rings is 1. The summed E-state index contributed by atoms with van der Waals surface area (Å²) in [5.41, 5.74) is -0.206. The normalized spacial score (nSPS) is 10.4. The van der Waals surface area contributed by atoms with E-state index < -0.39 is 6.43 Å². The Morgan fingerprint density at radius 3 is 2.60 bits per heavy atom. The third-order valence-electron chi connectivity index (χ3n) is 0.994. The average Bonchev–Trinajstić information content (AvgIpc) is 1.88. The Morgan fingerprint density at radius 1 is 1.50 bits per heavy atom. The Labute approximate surface area is 65.2 Å². The summed E-state index contributed by atoms with van der Waals surface area (Å²) < 4.78 is 24.2. The molecule has 0 bridgehead atoms. The standard InChI is InChI=1S/C6H4BrF2N/c7-4-2-1-3-10-5(4)6(8)9/h1-3,6H. The Kier molecular flexibility index (Phi) is 2.32. The molecule has 0 aliphatic rings. The Bertz CT molecular complexity index is 227. The van der Waals surface area contributed by atoms with E-state index in [-0.39, 0.29) is 5.69 Å². The van der Waals surface area contributed by atoms with Crippen LogP contribution in [0, 0.1) is 0 Å². The summed E-state index contributed by atoms with van der Waals surface area (Å²) in [5.74, 6) is 0. The fraction of sp³-hybridized carbons (Fsp3) is 0.167. The van der Waals surface area contributed by atoms with Crippen molar-refractivity contribution in [2.75, 3.05) is 0 Å². The predicted molar refractivity (Wildman–Crippen MR) is 36.9 cm³/mol. The fourth-order valence-corrected chi connectivity index (χ4v) is 0.987. The maximum atomic E-state index is 11.9. The molecule has 4 heteroatoms. The molecular weight excluding hydrogens is 204 g/mol. The maximum absolute atomic E-state index is 11.9. The van der Waals surface area contributed by atoms with E-state index in [0.717, 1.165) is 0 Å². The minimum Gasteiger partial charge on any atom is -0.254 e. The molecule has 1 aromatic heterocycles. The van der Waals surface area contributed by atoms with Gasteiger partial charge in [-0.2, -0.15) is 0 Å². The van der Waals surface area contributed by atoms with Gasteiger partial charge in [0, 0.05) is 10.7 Å². The van der Waals surface area contributed by atoms with Crippen LogP contribution in [0.3, 0.4) is 0 Å². The molecule has 0 saturated heterocycles. The zero-order valence-corrected chi connectivity index (χ0v) is 6.48. The van der Waals surface area contributed by atoms with Crippen LogP contribution in [-0.2, 0) is 0 Å². The summed E-state index contributed by atoms with van der Waals surface area (Å²) in [6.45, 7) is 0. The van der Waals surface area contributed by atoms with Crippen molar-refractivity contribution in [3.63, 3.8) is 0 Å². The Balaban J connectivity index is 3.03. The molecule has 1 nitrogen and oxygen atoms in total. The van der Waals surface area contributed by atoms with E-state index >= 15 is 0 Å². The monoisotopic (exact) mass is 207 g/mol. The minimum atomic E-state index is -2.50. The van der Waals surface area contributed by atoms with E-state index in [2.05, 4.69) is 20.9 Å². The molecule has 1 rings (SSSR count). The van der Waals surface area contributed by atoms with E-state index in [1.165, 1.54) is 12.3 Å². The number of hydrogen-bond acceptors (Lipinski definition) is 1. The summed E-state index contributed by atoms with van der Waals surface area (Å²) in [7, 11) is 0. The van der Waals surface area contributed by atoms with Gasteiger partial charge in [-0.05, 0) is 28.1 Å². The van der Waals surface area contributed by atoms with Gasteiger partial charge in [-0.15, -0.1) is 0 Å². The second-order valence-corrected chi connectivity index (χ2v) is 2.53. The van der Waals surface area contributed by atoms with Crippen LogP contribution in [0.2, 0.25) is 0 Å². The number of hydrogen-bond donors (Lipinski definition) is 0. The lowest BCUT2D eigenvalue weighted by atomic mass is 10.4. The van der Waals surface area contributed by atoms with Crippen LogP contribution >= 0.6 is 15.9 Å². The lowest BCUT2D eigenvalue weighted by molar-refractivity contribution is 0.145. The van der Waals surface area contributed by atoms with Gasteiger partial charge in [-0.25, -0.2) is 8.78 Å². The van der Waals surface area contributed by atoms with Gasteiger partial charge in [0.25, 0.3) is 6.43 Å². The number of alkyl halides is 2. The largest absolute Gasteiger partial charge is 0.281 e. The molecule has 0 N–H and O–H groups in total. The van der Waals surface area contributed by atoms with E-state index in [1.54, 1.807) is 6.07 Å². The van der Waals surface area contributed by atoms with Crippen molar-refractivity contribution in [3.8, 4) is 0 Å². The van der Waals surface area contributed by atoms with Gasteiger partial charge in [-0.3, -0.25) is 4.98 Å². The van der Waals surface area contributed by atoms with Gasteiger partial charge >= 0.3 is 0 Å². The smallest absolute Gasteiger partial charge is 0.254 e. The molecule has 0 fully saturated rings. The van der Waals surface area contributed by atoms with E-state index in [1.807, 2.05) is 0 Å². The summed E-state index contributed by atoms with van der Waals surface area (Å²) in [6.07, 6.45) is -1.16. The van der Waals surface area contributed by atoms with Crippen LogP contribution < -0.4 is 0 Å². The molecule has 0 aliphatic carbocycles. The highest BCUT2D eigenvalue weighted by atomic mass is 79.9. The van der Waals surface area contributed by atoms with Crippen LogP contribution in [0.4, 0.5) is 8.78 Å². The minimum absolute atomic E-state index is 0.206. The van der Waals surface area contributed by atoms with Crippen molar-refractivity contribution < 1.29 is 8.78 Å². The molecule has 0 spiro atoms. The third kappa shape index (κ3) is 1.50. The van der Waals surface area contributed by atoms with E-state index in [0.29, 0.717) is 4.47 Å². The van der Waals surface area contributed by atoms with Crippen molar-refractivity contribution in [2.24, 2.45) is 0 Å². The summed E-state index contributed by atoms with van der Waals surface area (Å²) in [6, 6.07) is 3.13. The molecule has 0 atom stereocenters. The molecular formula is C6H4BrF2N. The molecule has 0 radical (unpaired) electrons. The lowest BCUT2D eigenvalue weighted by Crippen LogP contribution is -1.89. The average molecular weight is 208 g/mol. The van der Waals surface area contributed by atoms with Crippen molar-refractivity contribution in [1.82, 2.24) is 4.98 Å². The summed E-state index contributed by atoms with van der Waals surface area (Å²) in [4.78, 5) is 3.48. The topological polar surface area (TPSA) is 12.9 Å². The molecule has 0 unspecified atom stereocenters. The first kappa shape index (κ1) is 7.60. The quantitative estimate of drug-likeness (QED) is 0.691. The van der Waals surface area contributed by atoms with Gasteiger partial charge in [0.2, 0.25) is 0 Å². The molecule has 0 saturated carbocycles. The highest BCUT2D eigenvalue weighted by Gasteiger charge is 2.10. The van der Waals surface area contributed by atoms with Gasteiger partial charge in [0.1, 0.15) is 5.69 Å². The number of halogens is 3. The van der Waals surface area contributed by atoms with Crippen LogP contribution in [0.15, 0.2) is 22.8 Å². The van der Waals surface area contributed by atoms with Crippen LogP contribution in [0.5, 0.6) is 0 Å². The molecule has 0 aliphatic heterocycles. The van der Waals surface area contributed by atoms with Crippen molar-refractivity contribution >= 4 is 15.9 Å². The molecule has 1 aromatic rings. The number of aromatic nitrogens is 1. The molecule has 0 aromatic carbocycles. The summed E-state index contributed by atoms with van der Waals surface area (Å²) in [5, 5.41) is 0. The highest BCUT2D eigenvalue weighted by Crippen LogP contribution is 2.23. The van der Waals surface area contributed by atoms with Gasteiger partial charge in [0.05, 0.1) is 0 Å². The first-order valence-corrected chi connectivity index (χ1v) is 3.39. The zero-order valence-electron chi connectivity index (χ0n) is 4.89. The molecule has 1 heterocycles. The summed E-state index contributed by atoms with van der Waals surface area (Å²) >= 11 is 2.95. The van der Waals surface area contributed by atoms with Crippen molar-refractivity contribution in [3.05, 3.63) is 28.5 Å². The van der Waals surface area contributed by atoms with E-state index in [9.17, 15) is 8.78 Å². The second-order valence-electron chi connectivity index (χ2n) is 1.67. The first-order valence-electron chi connectivity index (χ1n) is 2.60. The third-order valence-corrected chi connectivity index (χ3v) is 1.66. The predicted octanol–water partition coefficient (Wildman–Crippen LogP) is 2.78. The fourth-order valence-electron chi connectivity index (χ4n) is 0.558. The van der Waals surface area contributed by atoms with Crippen LogP contribution in [-0.4, -0.2) is 4.98 Å².